The van der Waals surface area contributed by atoms with E-state index in [4.69, 9.17) is 11.6 Å². The number of carbonyl (C=O) groups is 2. The van der Waals surface area contributed by atoms with Crippen molar-refractivity contribution in [3.63, 3.8) is 0 Å². The fraction of sp³-hybridized carbons (Fsp3) is 0.353. The fourth-order valence-electron chi connectivity index (χ4n) is 3.29. The molecule has 0 radical (unpaired) electrons. The van der Waals surface area contributed by atoms with E-state index in [0.717, 1.165) is 34.3 Å². The van der Waals surface area contributed by atoms with Crippen molar-refractivity contribution in [3.05, 3.63) is 40.5 Å². The molecule has 0 aliphatic carbocycles. The molecule has 1 unspecified atom stereocenters. The van der Waals surface area contributed by atoms with Crippen LogP contribution in [0.3, 0.4) is 0 Å². The van der Waals surface area contributed by atoms with E-state index in [1.807, 2.05) is 13.1 Å². The second-order valence-corrected chi connectivity index (χ2v) is 7.69. The van der Waals surface area contributed by atoms with Crippen molar-refractivity contribution in [2.75, 3.05) is 16.8 Å². The van der Waals surface area contributed by atoms with Crippen molar-refractivity contribution in [3.8, 4) is 0 Å². The molecule has 1 aromatic carbocycles. The summed E-state index contributed by atoms with van der Waals surface area (Å²) >= 11 is 7.80. The average molecular weight is 377 g/mol. The fourth-order valence-corrected chi connectivity index (χ4v) is 4.51. The summed E-state index contributed by atoms with van der Waals surface area (Å²) in [4.78, 5) is 26.7. The zero-order valence-electron chi connectivity index (χ0n) is 13.7. The maximum atomic E-state index is 12.7. The number of aryl methyl sites for hydroxylation is 1. The summed E-state index contributed by atoms with van der Waals surface area (Å²) in [5.41, 5.74) is 2.85. The summed E-state index contributed by atoms with van der Waals surface area (Å²) in [5, 5.41) is 8.00. The standard InChI is InChI=1S/C17H17ClN4O2S/c1-21-16(13-8-25-9-14(13)20-21)19-17(24)10-5-15(23)22(7-10)12-4-2-3-11(18)6-12/h2-4,6,10H,5,7-9H2,1H3,(H,19,24). The van der Waals surface area contributed by atoms with E-state index in [-0.39, 0.29) is 24.2 Å². The van der Waals surface area contributed by atoms with E-state index in [2.05, 4.69) is 10.4 Å². The molecule has 0 saturated carbocycles. The molecule has 1 saturated heterocycles. The van der Waals surface area contributed by atoms with Crippen LogP contribution in [0.5, 0.6) is 0 Å². The van der Waals surface area contributed by atoms with Crippen molar-refractivity contribution in [2.45, 2.75) is 17.9 Å². The van der Waals surface area contributed by atoms with Crippen LogP contribution >= 0.6 is 23.4 Å². The van der Waals surface area contributed by atoms with Crippen molar-refractivity contribution in [2.24, 2.45) is 13.0 Å². The lowest BCUT2D eigenvalue weighted by Crippen LogP contribution is -2.28. The maximum absolute atomic E-state index is 12.7. The molecule has 25 heavy (non-hydrogen) atoms. The molecule has 0 bridgehead atoms. The van der Waals surface area contributed by atoms with Crippen LogP contribution in [0.1, 0.15) is 17.7 Å². The van der Waals surface area contributed by atoms with Crippen LogP contribution in [0.4, 0.5) is 11.5 Å². The molecule has 6 nitrogen and oxygen atoms in total. The third kappa shape index (κ3) is 3.02. The lowest BCUT2D eigenvalue weighted by Gasteiger charge is -2.17. The van der Waals surface area contributed by atoms with E-state index >= 15 is 0 Å². The third-order valence-electron chi connectivity index (χ3n) is 4.57. The Kier molecular flexibility index (Phi) is 4.21. The first-order valence-corrected chi connectivity index (χ1v) is 9.55. The predicted molar refractivity (Wildman–Crippen MR) is 98.7 cm³/mol. The summed E-state index contributed by atoms with van der Waals surface area (Å²) in [6.07, 6.45) is 0.202. The van der Waals surface area contributed by atoms with E-state index in [1.165, 1.54) is 0 Å². The Bertz CT molecular complexity index is 866. The topological polar surface area (TPSA) is 67.2 Å². The monoisotopic (exact) mass is 376 g/mol. The minimum absolute atomic E-state index is 0.0618. The first-order valence-electron chi connectivity index (χ1n) is 8.02. The van der Waals surface area contributed by atoms with Crippen molar-refractivity contribution in [1.82, 2.24) is 9.78 Å². The Labute approximate surface area is 154 Å². The van der Waals surface area contributed by atoms with Gasteiger partial charge in [-0.25, -0.2) is 0 Å². The lowest BCUT2D eigenvalue weighted by molar-refractivity contribution is -0.122. The number of aromatic nitrogens is 2. The number of carbonyl (C=O) groups excluding carboxylic acids is 2. The third-order valence-corrected chi connectivity index (χ3v) is 5.78. The molecule has 130 valence electrons. The van der Waals surface area contributed by atoms with Gasteiger partial charge in [0.25, 0.3) is 0 Å². The largest absolute Gasteiger partial charge is 0.312 e. The highest BCUT2D eigenvalue weighted by Crippen LogP contribution is 2.35. The molecule has 2 aromatic rings. The number of benzene rings is 1. The van der Waals surface area contributed by atoms with Crippen LogP contribution in [-0.4, -0.2) is 28.1 Å². The average Bonchev–Trinajstić information content (AvgIpc) is 3.24. The maximum Gasteiger partial charge on any atom is 0.230 e. The van der Waals surface area contributed by atoms with Crippen molar-refractivity contribution < 1.29 is 9.59 Å². The zero-order chi connectivity index (χ0) is 17.6. The number of anilines is 2. The minimum Gasteiger partial charge on any atom is -0.312 e. The molecular weight excluding hydrogens is 360 g/mol. The van der Waals surface area contributed by atoms with E-state index in [9.17, 15) is 9.59 Å². The molecule has 1 atom stereocenters. The number of fused-ring (bicyclic) bond motifs is 1. The number of hydrogen-bond acceptors (Lipinski definition) is 4. The zero-order valence-corrected chi connectivity index (χ0v) is 15.2. The van der Waals surface area contributed by atoms with Gasteiger partial charge in [-0.15, -0.1) is 0 Å². The van der Waals surface area contributed by atoms with Gasteiger partial charge in [0.15, 0.2) is 0 Å². The van der Waals surface area contributed by atoms with Gasteiger partial charge >= 0.3 is 0 Å². The Morgan fingerprint density at radius 3 is 3.04 bits per heavy atom. The quantitative estimate of drug-likeness (QED) is 0.894. The van der Waals surface area contributed by atoms with E-state index in [1.54, 1.807) is 39.5 Å². The predicted octanol–water partition coefficient (Wildman–Crippen LogP) is 2.81. The van der Waals surface area contributed by atoms with Gasteiger partial charge in [0.2, 0.25) is 11.8 Å². The first kappa shape index (κ1) is 16.5. The summed E-state index contributed by atoms with van der Waals surface area (Å²) in [6, 6.07) is 7.13. The second-order valence-electron chi connectivity index (χ2n) is 6.26. The Morgan fingerprint density at radius 1 is 1.40 bits per heavy atom. The Morgan fingerprint density at radius 2 is 2.24 bits per heavy atom. The molecule has 4 rings (SSSR count). The van der Waals surface area contributed by atoms with Crippen LogP contribution in [0, 0.1) is 5.92 Å². The van der Waals surface area contributed by atoms with Gasteiger partial charge < -0.3 is 10.2 Å². The number of nitrogens with zero attached hydrogens (tertiary/aromatic N) is 3. The minimum atomic E-state index is -0.383. The highest BCUT2D eigenvalue weighted by atomic mass is 35.5. The number of rotatable bonds is 3. The lowest BCUT2D eigenvalue weighted by atomic mass is 10.1. The molecule has 2 aliphatic heterocycles. The van der Waals surface area contributed by atoms with Gasteiger partial charge in [0, 0.05) is 47.8 Å². The van der Waals surface area contributed by atoms with Gasteiger partial charge in [-0.1, -0.05) is 17.7 Å². The van der Waals surface area contributed by atoms with Crippen LogP contribution in [0.2, 0.25) is 5.02 Å². The van der Waals surface area contributed by atoms with E-state index < -0.39 is 0 Å². The number of halogens is 1. The highest BCUT2D eigenvalue weighted by molar-refractivity contribution is 7.98. The molecule has 0 spiro atoms. The van der Waals surface area contributed by atoms with Crippen molar-refractivity contribution in [1.29, 1.82) is 0 Å². The highest BCUT2D eigenvalue weighted by Gasteiger charge is 2.36. The summed E-state index contributed by atoms with van der Waals surface area (Å²) in [5.74, 6) is 1.90. The molecule has 1 fully saturated rings. The molecule has 2 amide bonds. The van der Waals surface area contributed by atoms with Crippen LogP contribution < -0.4 is 10.2 Å². The first-order chi connectivity index (χ1) is 12.0. The van der Waals surface area contributed by atoms with Gasteiger partial charge in [-0.3, -0.25) is 14.3 Å². The molecular formula is C17H17ClN4O2S. The smallest absolute Gasteiger partial charge is 0.230 e. The summed E-state index contributed by atoms with van der Waals surface area (Å²) in [6.45, 7) is 0.361. The number of thioether (sulfide) groups is 1. The summed E-state index contributed by atoms with van der Waals surface area (Å²) in [7, 11) is 1.83. The van der Waals surface area contributed by atoms with Gasteiger partial charge in [-0.05, 0) is 18.2 Å². The Hall–Kier alpha value is -1.99. The molecule has 1 aromatic heterocycles. The van der Waals surface area contributed by atoms with Crippen LogP contribution in [0.15, 0.2) is 24.3 Å². The van der Waals surface area contributed by atoms with Crippen LogP contribution in [0.25, 0.3) is 0 Å². The SMILES string of the molecule is Cn1nc2c(c1NC(=O)C1CC(=O)N(c3cccc(Cl)c3)C1)CSC2. The second kappa shape index (κ2) is 6.38. The van der Waals surface area contributed by atoms with Gasteiger partial charge in [0.05, 0.1) is 11.6 Å². The van der Waals surface area contributed by atoms with E-state index in [0.29, 0.717) is 11.6 Å². The van der Waals surface area contributed by atoms with Gasteiger partial charge in [0.1, 0.15) is 5.82 Å². The van der Waals surface area contributed by atoms with Crippen LogP contribution in [-0.2, 0) is 28.1 Å². The molecule has 1 N–H and O–H groups in total. The molecule has 2 aliphatic rings. The van der Waals surface area contributed by atoms with Gasteiger partial charge in [-0.2, -0.15) is 16.9 Å². The number of hydrogen-bond donors (Lipinski definition) is 1. The van der Waals surface area contributed by atoms with Crippen molar-refractivity contribution >= 4 is 46.7 Å². The number of nitrogens with one attached hydrogen (secondary N) is 1. The summed E-state index contributed by atoms with van der Waals surface area (Å²) < 4.78 is 1.72. The normalized spacial score (nSPS) is 19.4. The number of amides is 2. The molecule has 8 heteroatoms. The Balaban J connectivity index is 1.50. The molecule has 3 heterocycles.